The number of aromatic nitrogens is 2. The van der Waals surface area contributed by atoms with Crippen LogP contribution < -0.4 is 20.1 Å². The van der Waals surface area contributed by atoms with Gasteiger partial charge in [0.25, 0.3) is 0 Å². The van der Waals surface area contributed by atoms with E-state index in [0.29, 0.717) is 32.6 Å². The summed E-state index contributed by atoms with van der Waals surface area (Å²) in [5.74, 6) is 1.99. The van der Waals surface area contributed by atoms with Gasteiger partial charge in [0.2, 0.25) is 5.91 Å². The zero-order valence-corrected chi connectivity index (χ0v) is 23.3. The molecular weight excluding hydrogens is 531 g/mol. The van der Waals surface area contributed by atoms with Crippen molar-refractivity contribution in [3.63, 3.8) is 0 Å². The molecule has 1 saturated heterocycles. The van der Waals surface area contributed by atoms with Crippen LogP contribution >= 0.6 is 35.0 Å². The number of methoxy groups -OCH3 is 2. The highest BCUT2D eigenvalue weighted by Gasteiger charge is 2.29. The van der Waals surface area contributed by atoms with Gasteiger partial charge in [0.1, 0.15) is 0 Å². The molecule has 37 heavy (non-hydrogen) atoms. The second-order valence-corrected chi connectivity index (χ2v) is 10.8. The lowest BCUT2D eigenvalue weighted by molar-refractivity contribution is -0.119. The second-order valence-electron chi connectivity index (χ2n) is 9.04. The monoisotopic (exact) mass is 560 g/mol. The first-order chi connectivity index (χ1) is 17.9. The molecule has 0 bridgehead atoms. The summed E-state index contributed by atoms with van der Waals surface area (Å²) in [6.45, 7) is 2.94. The highest BCUT2D eigenvalue weighted by Crippen LogP contribution is 2.32. The first-order valence-corrected chi connectivity index (χ1v) is 13.7. The van der Waals surface area contributed by atoms with Crippen LogP contribution in [0.1, 0.15) is 18.9 Å². The highest BCUT2D eigenvalue weighted by atomic mass is 35.5. The van der Waals surface area contributed by atoms with Crippen molar-refractivity contribution < 1.29 is 14.3 Å². The molecule has 2 N–H and O–H groups in total. The van der Waals surface area contributed by atoms with Crippen molar-refractivity contribution in [1.82, 2.24) is 20.6 Å². The molecule has 7 nitrogen and oxygen atoms in total. The van der Waals surface area contributed by atoms with Crippen LogP contribution in [0.3, 0.4) is 0 Å². The van der Waals surface area contributed by atoms with Crippen molar-refractivity contribution in [2.75, 3.05) is 26.5 Å². The fourth-order valence-corrected chi connectivity index (χ4v) is 5.38. The number of thioether (sulfide) groups is 1. The minimum atomic E-state index is -0.0419. The van der Waals surface area contributed by atoms with Crippen molar-refractivity contribution in [3.05, 3.63) is 64.4 Å². The van der Waals surface area contributed by atoms with Crippen LogP contribution in [-0.4, -0.2) is 54.5 Å². The Morgan fingerprint density at radius 1 is 1.08 bits per heavy atom. The summed E-state index contributed by atoms with van der Waals surface area (Å²) < 4.78 is 10.7. The number of nitrogens with one attached hydrogen (secondary N) is 2. The highest BCUT2D eigenvalue weighted by molar-refractivity contribution is 7.99. The number of benzene rings is 2. The first kappa shape index (κ1) is 27.5. The van der Waals surface area contributed by atoms with Gasteiger partial charge in [-0.15, -0.1) is 0 Å². The average molecular weight is 562 g/mol. The van der Waals surface area contributed by atoms with E-state index < -0.39 is 0 Å². The fourth-order valence-electron chi connectivity index (χ4n) is 4.46. The fraction of sp³-hybridized carbons (Fsp3) is 0.370. The molecule has 1 amide bonds. The van der Waals surface area contributed by atoms with Gasteiger partial charge in [0.15, 0.2) is 16.7 Å². The summed E-state index contributed by atoms with van der Waals surface area (Å²) >= 11 is 13.5. The Morgan fingerprint density at radius 2 is 1.84 bits per heavy atom. The van der Waals surface area contributed by atoms with Crippen molar-refractivity contribution in [2.45, 2.75) is 37.0 Å². The van der Waals surface area contributed by atoms with E-state index in [1.165, 1.54) is 17.3 Å². The Bertz CT molecular complexity index is 1230. The van der Waals surface area contributed by atoms with E-state index in [-0.39, 0.29) is 23.7 Å². The van der Waals surface area contributed by atoms with Crippen LogP contribution in [0.2, 0.25) is 10.0 Å². The average Bonchev–Trinajstić information content (AvgIpc) is 3.38. The maximum absolute atomic E-state index is 12.6. The lowest BCUT2D eigenvalue weighted by Crippen LogP contribution is -2.46. The molecule has 2 heterocycles. The van der Waals surface area contributed by atoms with Gasteiger partial charge >= 0.3 is 0 Å². The summed E-state index contributed by atoms with van der Waals surface area (Å²) in [6.07, 6.45) is 5.39. The number of hydrogen-bond donors (Lipinski definition) is 2. The predicted octanol–water partition coefficient (Wildman–Crippen LogP) is 5.29. The van der Waals surface area contributed by atoms with Crippen molar-refractivity contribution >= 4 is 40.9 Å². The lowest BCUT2D eigenvalue weighted by Gasteiger charge is -2.21. The molecule has 1 fully saturated rings. The van der Waals surface area contributed by atoms with Crippen LogP contribution in [0.25, 0.3) is 11.1 Å². The number of amides is 1. The number of rotatable bonds is 10. The van der Waals surface area contributed by atoms with Crippen molar-refractivity contribution in [3.8, 4) is 22.6 Å². The van der Waals surface area contributed by atoms with E-state index in [4.69, 9.17) is 32.7 Å². The molecule has 2 aromatic carbocycles. The third kappa shape index (κ3) is 7.29. The van der Waals surface area contributed by atoms with Gasteiger partial charge in [-0.1, -0.05) is 47.1 Å². The second kappa shape index (κ2) is 12.8. The Kier molecular flexibility index (Phi) is 9.54. The van der Waals surface area contributed by atoms with Crippen LogP contribution in [0.15, 0.2) is 53.9 Å². The number of carbonyl (C=O) groups is 1. The van der Waals surface area contributed by atoms with E-state index in [9.17, 15) is 4.79 Å². The van der Waals surface area contributed by atoms with E-state index in [0.717, 1.165) is 30.5 Å². The molecule has 1 aromatic heterocycles. The molecule has 1 unspecified atom stereocenters. The molecule has 1 aliphatic heterocycles. The van der Waals surface area contributed by atoms with Crippen LogP contribution in [0.4, 0.5) is 0 Å². The van der Waals surface area contributed by atoms with Crippen molar-refractivity contribution in [2.24, 2.45) is 5.92 Å². The topological polar surface area (TPSA) is 85.4 Å². The molecule has 0 spiro atoms. The zero-order chi connectivity index (χ0) is 26.4. The number of hydrogen-bond acceptors (Lipinski definition) is 7. The number of halogens is 2. The third-order valence-electron chi connectivity index (χ3n) is 6.43. The zero-order valence-electron chi connectivity index (χ0n) is 21.0. The summed E-state index contributed by atoms with van der Waals surface area (Å²) in [5, 5.41) is 8.36. The molecule has 196 valence electrons. The standard InChI is InChI=1S/C27H30Cl2N4O3S/c1-16(23-10-18(12-30-23)8-17-4-6-21(28)22(29)9-17)33-26(34)15-37-27-31-13-20(14-32-27)19-5-7-24(35-2)25(11-19)36-3/h4-7,9,11,13-14,16,18,23,30H,8,10,12,15H2,1-3H3,(H,33,34)/t16?,18-,23+/m0/s1. The smallest absolute Gasteiger partial charge is 0.230 e. The quantitative estimate of drug-likeness (QED) is 0.257. The third-order valence-corrected chi connectivity index (χ3v) is 8.05. The lowest BCUT2D eigenvalue weighted by atomic mass is 9.95. The number of carbonyl (C=O) groups excluding carboxylic acids is 1. The van der Waals surface area contributed by atoms with E-state index >= 15 is 0 Å². The van der Waals surface area contributed by atoms with Gasteiger partial charge in [0.05, 0.1) is 30.0 Å². The summed E-state index contributed by atoms with van der Waals surface area (Å²) in [6, 6.07) is 11.7. The predicted molar refractivity (Wildman–Crippen MR) is 149 cm³/mol. The largest absolute Gasteiger partial charge is 0.493 e. The van der Waals surface area contributed by atoms with Crippen LogP contribution in [0.5, 0.6) is 11.5 Å². The summed E-state index contributed by atoms with van der Waals surface area (Å²) in [7, 11) is 3.20. The maximum Gasteiger partial charge on any atom is 0.230 e. The summed E-state index contributed by atoms with van der Waals surface area (Å²) in [4.78, 5) is 21.4. The molecule has 4 rings (SSSR count). The van der Waals surface area contributed by atoms with Gasteiger partial charge in [-0.3, -0.25) is 4.79 Å². The first-order valence-electron chi connectivity index (χ1n) is 12.0. The van der Waals surface area contributed by atoms with Gasteiger partial charge in [-0.25, -0.2) is 9.97 Å². The van der Waals surface area contributed by atoms with Gasteiger partial charge < -0.3 is 20.1 Å². The molecule has 0 aliphatic carbocycles. The molecular formula is C27H30Cl2N4O3S. The van der Waals surface area contributed by atoms with Gasteiger partial charge in [-0.05, 0) is 67.6 Å². The number of ether oxygens (including phenoxy) is 2. The maximum atomic E-state index is 12.6. The summed E-state index contributed by atoms with van der Waals surface area (Å²) in [5.41, 5.74) is 2.94. The SMILES string of the molecule is COc1ccc(-c2cnc(SCC(=O)NC(C)[C@H]3C[C@H](Cc4ccc(Cl)c(Cl)c4)CN3)nc2)cc1OC. The number of nitrogens with zero attached hydrogens (tertiary/aromatic N) is 2. The Hall–Kier alpha value is -2.52. The molecule has 1 aliphatic rings. The van der Waals surface area contributed by atoms with E-state index in [1.807, 2.05) is 43.3 Å². The van der Waals surface area contributed by atoms with Crippen molar-refractivity contribution in [1.29, 1.82) is 0 Å². The van der Waals surface area contributed by atoms with E-state index in [1.54, 1.807) is 26.6 Å². The Labute approximate surface area is 231 Å². The Balaban J connectivity index is 1.23. The molecule has 10 heteroatoms. The molecule has 3 aromatic rings. The minimum absolute atomic E-state index is 0.0141. The normalized spacial score (nSPS) is 17.9. The molecule has 0 saturated carbocycles. The van der Waals surface area contributed by atoms with Gasteiger partial charge in [0, 0.05) is 30.0 Å². The molecule has 0 radical (unpaired) electrons. The molecule has 3 atom stereocenters. The van der Waals surface area contributed by atoms with Crippen LogP contribution in [0, 0.1) is 5.92 Å². The van der Waals surface area contributed by atoms with Gasteiger partial charge in [-0.2, -0.15) is 0 Å². The minimum Gasteiger partial charge on any atom is -0.493 e. The Morgan fingerprint density at radius 3 is 2.54 bits per heavy atom. The van der Waals surface area contributed by atoms with Crippen LogP contribution in [-0.2, 0) is 11.2 Å². The van der Waals surface area contributed by atoms with E-state index in [2.05, 4.69) is 20.6 Å².